The largest absolute Gasteiger partial charge is 0.316 e. The van der Waals surface area contributed by atoms with Gasteiger partial charge in [-0.15, -0.1) is 0 Å². The summed E-state index contributed by atoms with van der Waals surface area (Å²) in [5.41, 5.74) is 0.878. The van der Waals surface area contributed by atoms with Crippen molar-refractivity contribution < 1.29 is 8.42 Å². The molecule has 0 fully saturated rings. The van der Waals surface area contributed by atoms with Crippen LogP contribution >= 0.6 is 23.2 Å². The van der Waals surface area contributed by atoms with Crippen LogP contribution in [-0.2, 0) is 16.4 Å². The molecule has 0 amide bonds. The highest BCUT2D eigenvalue weighted by Gasteiger charge is 2.09. The summed E-state index contributed by atoms with van der Waals surface area (Å²) in [4.78, 5) is 0. The molecule has 0 spiro atoms. The summed E-state index contributed by atoms with van der Waals surface area (Å²) in [5, 5.41) is 4.19. The minimum atomic E-state index is -3.23. The van der Waals surface area contributed by atoms with E-state index in [1.54, 1.807) is 12.1 Å². The van der Waals surface area contributed by atoms with Gasteiger partial charge in [-0.05, 0) is 37.1 Å². The molecule has 2 N–H and O–H groups in total. The van der Waals surface area contributed by atoms with Crippen molar-refractivity contribution in [2.24, 2.45) is 0 Å². The maximum atomic E-state index is 11.7. The summed E-state index contributed by atoms with van der Waals surface area (Å²) >= 11 is 11.8. The van der Waals surface area contributed by atoms with Crippen LogP contribution in [0.1, 0.15) is 18.9 Å². The van der Waals surface area contributed by atoms with Gasteiger partial charge in [-0.25, -0.2) is 13.1 Å². The first-order chi connectivity index (χ1) is 9.44. The molecule has 114 valence electrons. The summed E-state index contributed by atoms with van der Waals surface area (Å²) < 4.78 is 26.0. The molecule has 0 aliphatic carbocycles. The van der Waals surface area contributed by atoms with Crippen LogP contribution < -0.4 is 10.0 Å². The Morgan fingerprint density at radius 3 is 2.55 bits per heavy atom. The van der Waals surface area contributed by atoms with E-state index in [2.05, 4.69) is 10.0 Å². The average Bonchev–Trinajstić information content (AvgIpc) is 2.37. The van der Waals surface area contributed by atoms with Gasteiger partial charge in [0.1, 0.15) is 0 Å². The van der Waals surface area contributed by atoms with Crippen molar-refractivity contribution in [2.45, 2.75) is 19.8 Å². The highest BCUT2D eigenvalue weighted by atomic mass is 35.5. The van der Waals surface area contributed by atoms with Crippen LogP contribution in [0.15, 0.2) is 18.2 Å². The van der Waals surface area contributed by atoms with Gasteiger partial charge in [-0.1, -0.05) is 36.2 Å². The number of nitrogens with one attached hydrogen (secondary N) is 2. The molecule has 0 atom stereocenters. The average molecular weight is 339 g/mol. The van der Waals surface area contributed by atoms with E-state index in [1.165, 1.54) is 0 Å². The van der Waals surface area contributed by atoms with Crippen molar-refractivity contribution in [3.05, 3.63) is 33.8 Å². The van der Waals surface area contributed by atoms with Crippen molar-refractivity contribution in [3.63, 3.8) is 0 Å². The molecule has 0 aliphatic heterocycles. The Balaban J connectivity index is 2.35. The van der Waals surface area contributed by atoms with Gasteiger partial charge in [0.05, 0.1) is 5.75 Å². The van der Waals surface area contributed by atoms with E-state index < -0.39 is 10.0 Å². The van der Waals surface area contributed by atoms with Crippen molar-refractivity contribution in [2.75, 3.05) is 25.4 Å². The second-order valence-corrected chi connectivity index (χ2v) is 7.22. The molecule has 0 aromatic heterocycles. The fraction of sp³-hybridized carbons (Fsp3) is 0.538. The van der Waals surface area contributed by atoms with E-state index in [1.807, 2.05) is 13.0 Å². The standard InChI is InChI=1S/C13H20Cl2N2O2S/c1-2-6-16-8-9-20(18,19)17-7-5-11-3-4-12(14)10-13(11)15/h3-4,10,16-17H,2,5-9H2,1H3. The first-order valence-electron chi connectivity index (χ1n) is 6.56. The fourth-order valence-electron chi connectivity index (χ4n) is 1.65. The van der Waals surface area contributed by atoms with Crippen LogP contribution in [0.3, 0.4) is 0 Å². The molecule has 0 saturated carbocycles. The SMILES string of the molecule is CCCNCCS(=O)(=O)NCCc1ccc(Cl)cc1Cl. The number of hydrogen-bond acceptors (Lipinski definition) is 3. The van der Waals surface area contributed by atoms with Gasteiger partial charge in [0.15, 0.2) is 0 Å². The highest BCUT2D eigenvalue weighted by molar-refractivity contribution is 7.89. The van der Waals surface area contributed by atoms with Crippen LogP contribution in [0.5, 0.6) is 0 Å². The van der Waals surface area contributed by atoms with Crippen LogP contribution in [0.4, 0.5) is 0 Å². The van der Waals surface area contributed by atoms with E-state index in [0.717, 1.165) is 18.5 Å². The van der Waals surface area contributed by atoms with E-state index in [-0.39, 0.29) is 5.75 Å². The Bertz CT molecular complexity index is 521. The minimum absolute atomic E-state index is 0.0847. The van der Waals surface area contributed by atoms with E-state index in [9.17, 15) is 8.42 Å². The Morgan fingerprint density at radius 1 is 1.15 bits per heavy atom. The fourth-order valence-corrected chi connectivity index (χ4v) is 3.12. The molecule has 4 nitrogen and oxygen atoms in total. The monoisotopic (exact) mass is 338 g/mol. The van der Waals surface area contributed by atoms with Gasteiger partial charge >= 0.3 is 0 Å². The van der Waals surface area contributed by atoms with Gasteiger partial charge in [0.25, 0.3) is 0 Å². The van der Waals surface area contributed by atoms with Gasteiger partial charge in [-0.2, -0.15) is 0 Å². The molecule has 0 aliphatic rings. The number of benzene rings is 1. The Labute approximate surface area is 130 Å². The quantitative estimate of drug-likeness (QED) is 0.680. The predicted molar refractivity (Wildman–Crippen MR) is 85.1 cm³/mol. The smallest absolute Gasteiger partial charge is 0.212 e. The van der Waals surface area contributed by atoms with E-state index >= 15 is 0 Å². The van der Waals surface area contributed by atoms with Gasteiger partial charge < -0.3 is 5.32 Å². The predicted octanol–water partition coefficient (Wildman–Crippen LogP) is 2.45. The zero-order valence-electron chi connectivity index (χ0n) is 11.5. The van der Waals surface area contributed by atoms with Crippen LogP contribution in [0, 0.1) is 0 Å². The molecule has 20 heavy (non-hydrogen) atoms. The number of rotatable bonds is 9. The number of hydrogen-bond donors (Lipinski definition) is 2. The lowest BCUT2D eigenvalue weighted by molar-refractivity contribution is 0.576. The topological polar surface area (TPSA) is 58.2 Å². The zero-order valence-corrected chi connectivity index (χ0v) is 13.8. The molecule has 0 radical (unpaired) electrons. The van der Waals surface area contributed by atoms with Crippen LogP contribution in [-0.4, -0.2) is 33.8 Å². The first kappa shape index (κ1) is 17.7. The van der Waals surface area contributed by atoms with Crippen molar-refractivity contribution in [3.8, 4) is 0 Å². The highest BCUT2D eigenvalue weighted by Crippen LogP contribution is 2.21. The number of halogens is 2. The Kier molecular flexibility index (Phi) is 7.84. The molecule has 1 aromatic carbocycles. The second kappa shape index (κ2) is 8.85. The van der Waals surface area contributed by atoms with Gasteiger partial charge in [-0.3, -0.25) is 0 Å². The molecule has 1 rings (SSSR count). The minimum Gasteiger partial charge on any atom is -0.316 e. The molecule has 0 unspecified atom stereocenters. The van der Waals surface area contributed by atoms with Crippen molar-refractivity contribution in [1.29, 1.82) is 0 Å². The lowest BCUT2D eigenvalue weighted by Gasteiger charge is -2.08. The molecule has 1 aromatic rings. The molecule has 0 heterocycles. The molecule has 0 bridgehead atoms. The summed E-state index contributed by atoms with van der Waals surface area (Å²) in [6.45, 7) is 3.66. The van der Waals surface area contributed by atoms with E-state index in [0.29, 0.717) is 29.6 Å². The Morgan fingerprint density at radius 2 is 1.90 bits per heavy atom. The van der Waals surface area contributed by atoms with Gasteiger partial charge in [0.2, 0.25) is 10.0 Å². The summed E-state index contributed by atoms with van der Waals surface area (Å²) in [6.07, 6.45) is 1.53. The second-order valence-electron chi connectivity index (χ2n) is 4.45. The molecular weight excluding hydrogens is 319 g/mol. The maximum absolute atomic E-state index is 11.7. The van der Waals surface area contributed by atoms with Crippen molar-refractivity contribution >= 4 is 33.2 Å². The summed E-state index contributed by atoms with van der Waals surface area (Å²) in [6, 6.07) is 5.20. The van der Waals surface area contributed by atoms with Gasteiger partial charge in [0, 0.05) is 23.1 Å². The molecule has 0 saturated heterocycles. The lowest BCUT2D eigenvalue weighted by atomic mass is 10.1. The summed E-state index contributed by atoms with van der Waals surface area (Å²) in [5.74, 6) is 0.0847. The summed E-state index contributed by atoms with van der Waals surface area (Å²) in [7, 11) is -3.23. The van der Waals surface area contributed by atoms with Crippen molar-refractivity contribution in [1.82, 2.24) is 10.0 Å². The first-order valence-corrected chi connectivity index (χ1v) is 8.97. The third kappa shape index (κ3) is 6.90. The van der Waals surface area contributed by atoms with Crippen LogP contribution in [0.2, 0.25) is 10.0 Å². The Hall–Kier alpha value is -0.330. The normalized spacial score (nSPS) is 11.8. The maximum Gasteiger partial charge on any atom is 0.212 e. The van der Waals surface area contributed by atoms with Crippen LogP contribution in [0.25, 0.3) is 0 Å². The van der Waals surface area contributed by atoms with E-state index in [4.69, 9.17) is 23.2 Å². The molecule has 7 heteroatoms. The third-order valence-electron chi connectivity index (χ3n) is 2.71. The zero-order chi connectivity index (χ0) is 15.0. The lowest BCUT2D eigenvalue weighted by Crippen LogP contribution is -2.33. The molecular formula is C13H20Cl2N2O2S. The number of sulfonamides is 1. The third-order valence-corrected chi connectivity index (χ3v) is 4.68.